The molecule has 0 saturated heterocycles. The highest BCUT2D eigenvalue weighted by Crippen LogP contribution is 2.24. The maximum absolute atomic E-state index is 11.9. The van der Waals surface area contributed by atoms with Crippen LogP contribution in [0.5, 0.6) is 0 Å². The Labute approximate surface area is 210 Å². The van der Waals surface area contributed by atoms with Crippen LogP contribution in [0.25, 0.3) is 0 Å². The molecular formula is C12H26O18S6. The summed E-state index contributed by atoms with van der Waals surface area (Å²) in [6.07, 6.45) is -7.16. The van der Waals surface area contributed by atoms with Crippen molar-refractivity contribution in [1.29, 1.82) is 0 Å². The van der Waals surface area contributed by atoms with Gasteiger partial charge in [0.25, 0.3) is 60.7 Å². The predicted octanol–water partition coefficient (Wildman–Crippen LogP) is -3.68. The van der Waals surface area contributed by atoms with Crippen molar-refractivity contribution in [2.45, 2.75) is 24.4 Å². The molecule has 0 unspecified atom stereocenters. The van der Waals surface area contributed by atoms with E-state index in [1.807, 2.05) is 0 Å². The van der Waals surface area contributed by atoms with Crippen LogP contribution in [0.2, 0.25) is 0 Å². The minimum atomic E-state index is -4.72. The fourth-order valence-corrected chi connectivity index (χ4v) is 5.51. The lowest BCUT2D eigenvalue weighted by molar-refractivity contribution is -0.0753. The smallest absolute Gasteiger partial charge is 0.264 e. The second kappa shape index (κ2) is 12.5. The molecule has 0 fully saturated rings. The van der Waals surface area contributed by atoms with E-state index in [0.717, 1.165) is 0 Å². The Morgan fingerprint density at radius 2 is 0.611 bits per heavy atom. The molecule has 18 nitrogen and oxygen atoms in total. The van der Waals surface area contributed by atoms with E-state index in [4.69, 9.17) is 0 Å². The van der Waals surface area contributed by atoms with Crippen molar-refractivity contribution >= 4 is 60.7 Å². The maximum Gasteiger partial charge on any atom is 0.264 e. The van der Waals surface area contributed by atoms with E-state index >= 15 is 0 Å². The van der Waals surface area contributed by atoms with Gasteiger partial charge in [0, 0.05) is 0 Å². The summed E-state index contributed by atoms with van der Waals surface area (Å²) in [4.78, 5) is 0. The van der Waals surface area contributed by atoms with Gasteiger partial charge in [0.2, 0.25) is 0 Å². The van der Waals surface area contributed by atoms with E-state index < -0.39 is 98.3 Å². The highest BCUT2D eigenvalue weighted by atomic mass is 32.2. The number of hydrogen-bond donors (Lipinski definition) is 0. The first-order valence-electron chi connectivity index (χ1n) is 8.79. The molecule has 0 heterocycles. The Hall–Kier alpha value is -0.540. The largest absolute Gasteiger partial charge is 0.267 e. The summed E-state index contributed by atoms with van der Waals surface area (Å²) in [6.45, 7) is -2.68. The molecular weight excluding hydrogens is 625 g/mol. The SMILES string of the molecule is CS(=O)(=O)OC[C@H](OS(C)(=O)=O)[C@H](OS(C)(=O)=O)[C@H](OS(C)(=O)=O)[C@@H](COS(C)(=O)=O)OS(C)(=O)=O. The summed E-state index contributed by atoms with van der Waals surface area (Å²) in [5.74, 6) is 0. The third-order valence-electron chi connectivity index (χ3n) is 3.12. The molecule has 0 bridgehead atoms. The van der Waals surface area contributed by atoms with Crippen LogP contribution in [0, 0.1) is 0 Å². The topological polar surface area (TPSA) is 260 Å². The van der Waals surface area contributed by atoms with E-state index in [1.165, 1.54) is 0 Å². The van der Waals surface area contributed by atoms with Crippen molar-refractivity contribution in [1.82, 2.24) is 0 Å². The standard InChI is InChI=1S/C12H26O18S6/c1-31(13,14)25-7-9(27-33(3,17)18)11(29-35(5,21)22)12(30-36(6,23)24)10(28-34(4,19)20)8-26-32(2,15)16/h9-12H,7-8H2,1-6H3/t9-,10+,11-,12+. The fourth-order valence-electron chi connectivity index (χ4n) is 2.25. The van der Waals surface area contributed by atoms with Crippen molar-refractivity contribution in [2.75, 3.05) is 50.7 Å². The van der Waals surface area contributed by atoms with Crippen LogP contribution in [0.1, 0.15) is 0 Å². The minimum Gasteiger partial charge on any atom is -0.267 e. The summed E-state index contributed by atoms with van der Waals surface area (Å²) >= 11 is 0. The molecule has 4 atom stereocenters. The molecule has 0 aliphatic rings. The monoisotopic (exact) mass is 650 g/mol. The van der Waals surface area contributed by atoms with Crippen LogP contribution >= 0.6 is 0 Å². The van der Waals surface area contributed by atoms with Crippen LogP contribution in [-0.4, -0.2) is 126 Å². The van der Waals surface area contributed by atoms with Crippen LogP contribution in [0.3, 0.4) is 0 Å². The van der Waals surface area contributed by atoms with Gasteiger partial charge in [0.05, 0.1) is 50.7 Å². The molecule has 218 valence electrons. The Bertz CT molecular complexity index is 1280. The van der Waals surface area contributed by atoms with Crippen molar-refractivity contribution in [3.05, 3.63) is 0 Å². The lowest BCUT2D eigenvalue weighted by Gasteiger charge is -2.34. The zero-order valence-corrected chi connectivity index (χ0v) is 24.4. The van der Waals surface area contributed by atoms with Gasteiger partial charge in [-0.25, -0.2) is 0 Å². The summed E-state index contributed by atoms with van der Waals surface area (Å²) < 4.78 is 168. The summed E-state index contributed by atoms with van der Waals surface area (Å²) in [6, 6.07) is 0. The molecule has 0 radical (unpaired) electrons. The van der Waals surface area contributed by atoms with Gasteiger partial charge in [-0.3, -0.25) is 25.1 Å². The van der Waals surface area contributed by atoms with Gasteiger partial charge < -0.3 is 0 Å². The van der Waals surface area contributed by atoms with E-state index in [1.54, 1.807) is 0 Å². The first-order chi connectivity index (χ1) is 15.6. The van der Waals surface area contributed by atoms with Gasteiger partial charge in [0.15, 0.2) is 0 Å². The van der Waals surface area contributed by atoms with Crippen LogP contribution in [0.15, 0.2) is 0 Å². The van der Waals surface area contributed by atoms with Crippen LogP contribution in [-0.2, 0) is 85.8 Å². The molecule has 0 aromatic rings. The van der Waals surface area contributed by atoms with E-state index in [0.29, 0.717) is 37.5 Å². The summed E-state index contributed by atoms with van der Waals surface area (Å²) in [5, 5.41) is 0. The molecule has 0 aromatic carbocycles. The zero-order chi connectivity index (χ0) is 29.0. The Morgan fingerprint density at radius 3 is 0.778 bits per heavy atom. The molecule has 0 aromatic heterocycles. The highest BCUT2D eigenvalue weighted by Gasteiger charge is 2.46. The van der Waals surface area contributed by atoms with Crippen LogP contribution < -0.4 is 0 Å². The van der Waals surface area contributed by atoms with Gasteiger partial charge in [0.1, 0.15) is 24.4 Å². The van der Waals surface area contributed by atoms with Crippen molar-refractivity contribution in [3.63, 3.8) is 0 Å². The minimum absolute atomic E-state index is 0.395. The molecule has 0 spiro atoms. The molecule has 0 rings (SSSR count). The normalized spacial score (nSPS) is 17.8. The lowest BCUT2D eigenvalue weighted by atomic mass is 10.0. The quantitative estimate of drug-likeness (QED) is 0.137. The first-order valence-corrected chi connectivity index (χ1v) is 19.7. The van der Waals surface area contributed by atoms with E-state index in [-0.39, 0.29) is 0 Å². The van der Waals surface area contributed by atoms with E-state index in [2.05, 4.69) is 25.1 Å². The Morgan fingerprint density at radius 1 is 0.389 bits per heavy atom. The molecule has 0 aliphatic heterocycles. The fraction of sp³-hybridized carbons (Fsp3) is 1.00. The van der Waals surface area contributed by atoms with Gasteiger partial charge in [-0.1, -0.05) is 0 Å². The Kier molecular flexibility index (Phi) is 12.4. The molecule has 0 N–H and O–H groups in total. The summed E-state index contributed by atoms with van der Waals surface area (Å²) in [7, 11) is -27.4. The molecule has 0 aliphatic carbocycles. The zero-order valence-electron chi connectivity index (χ0n) is 19.5. The average molecular weight is 651 g/mol. The highest BCUT2D eigenvalue weighted by molar-refractivity contribution is 7.87. The van der Waals surface area contributed by atoms with Gasteiger partial charge >= 0.3 is 0 Å². The van der Waals surface area contributed by atoms with Gasteiger partial charge in [-0.05, 0) is 0 Å². The van der Waals surface area contributed by atoms with Crippen molar-refractivity contribution < 1.29 is 75.6 Å². The van der Waals surface area contributed by atoms with Gasteiger partial charge in [-0.2, -0.15) is 50.5 Å². The molecule has 0 amide bonds. The maximum atomic E-state index is 11.9. The van der Waals surface area contributed by atoms with Crippen LogP contribution in [0.4, 0.5) is 0 Å². The van der Waals surface area contributed by atoms with E-state index in [9.17, 15) is 50.5 Å². The average Bonchev–Trinajstić information content (AvgIpc) is 2.53. The van der Waals surface area contributed by atoms with Crippen molar-refractivity contribution in [2.24, 2.45) is 0 Å². The molecule has 24 heteroatoms. The predicted molar refractivity (Wildman–Crippen MR) is 120 cm³/mol. The third-order valence-corrected chi connectivity index (χ3v) is 6.58. The second-order valence-corrected chi connectivity index (χ2v) is 16.9. The van der Waals surface area contributed by atoms with Crippen molar-refractivity contribution in [3.8, 4) is 0 Å². The number of rotatable bonds is 17. The molecule has 0 saturated carbocycles. The third kappa shape index (κ3) is 18.7. The van der Waals surface area contributed by atoms with Gasteiger partial charge in [-0.15, -0.1) is 0 Å². The Balaban J connectivity index is 7.12. The second-order valence-electron chi connectivity index (χ2n) is 7.18. The summed E-state index contributed by atoms with van der Waals surface area (Å²) in [5.41, 5.74) is 0. The number of hydrogen-bond acceptors (Lipinski definition) is 18. The molecule has 36 heavy (non-hydrogen) atoms. The first kappa shape index (κ1) is 35.5. The lowest BCUT2D eigenvalue weighted by Crippen LogP contribution is -2.54.